The molecule has 0 aliphatic carbocycles. The van der Waals surface area contributed by atoms with E-state index >= 15 is 0 Å². The average Bonchev–Trinajstić information content (AvgIpc) is 2.02. The number of carboxylic acids is 1. The summed E-state index contributed by atoms with van der Waals surface area (Å²) in [6.45, 7) is 9.03. The summed E-state index contributed by atoms with van der Waals surface area (Å²) in [5.41, 5.74) is 0. The van der Waals surface area contributed by atoms with Crippen LogP contribution in [0.1, 0.15) is 34.1 Å². The highest BCUT2D eigenvalue weighted by Gasteiger charge is 2.26. The molecule has 2 atom stereocenters. The van der Waals surface area contributed by atoms with Gasteiger partial charge in [-0.15, -0.1) is 0 Å². The number of carboxylic acid groups (broad SMARTS) is 1. The molecule has 0 aliphatic heterocycles. The van der Waals surface area contributed by atoms with Crippen molar-refractivity contribution in [2.45, 2.75) is 40.2 Å². The van der Waals surface area contributed by atoms with Gasteiger partial charge in [0.25, 0.3) is 0 Å². The summed E-state index contributed by atoms with van der Waals surface area (Å²) in [6.07, 6.45) is 1.09. The fraction of sp³-hybridized carbons (Fsp3) is 0.909. The third-order valence-electron chi connectivity index (χ3n) is 2.66. The van der Waals surface area contributed by atoms with Gasteiger partial charge in [-0.1, -0.05) is 34.1 Å². The van der Waals surface area contributed by atoms with Crippen LogP contribution in [0.5, 0.6) is 0 Å². The van der Waals surface area contributed by atoms with E-state index in [1.165, 1.54) is 0 Å². The van der Waals surface area contributed by atoms with Crippen molar-refractivity contribution in [2.24, 2.45) is 11.8 Å². The summed E-state index contributed by atoms with van der Waals surface area (Å²) >= 11 is 0. The molecule has 0 aliphatic rings. The molecule has 84 valence electrons. The van der Waals surface area contributed by atoms with E-state index in [4.69, 9.17) is 5.11 Å². The van der Waals surface area contributed by atoms with E-state index in [2.05, 4.69) is 13.8 Å². The molecule has 0 amide bonds. The van der Waals surface area contributed by atoms with Crippen LogP contribution in [0.4, 0.5) is 0 Å². The molecule has 0 heterocycles. The lowest BCUT2D eigenvalue weighted by Gasteiger charge is -2.29. The zero-order valence-corrected chi connectivity index (χ0v) is 9.95. The van der Waals surface area contributed by atoms with E-state index in [9.17, 15) is 4.79 Å². The molecule has 0 aromatic heterocycles. The first-order chi connectivity index (χ1) is 6.40. The average molecular weight is 201 g/mol. The summed E-state index contributed by atoms with van der Waals surface area (Å²) in [6, 6.07) is -0.357. The molecule has 0 spiro atoms. The van der Waals surface area contributed by atoms with E-state index in [-0.39, 0.29) is 12.0 Å². The van der Waals surface area contributed by atoms with E-state index in [1.807, 2.05) is 25.8 Å². The Bertz CT molecular complexity index is 180. The Kier molecular flexibility index (Phi) is 5.77. The van der Waals surface area contributed by atoms with Gasteiger partial charge in [-0.05, 0) is 18.9 Å². The van der Waals surface area contributed by atoms with E-state index in [0.29, 0.717) is 5.92 Å². The maximum atomic E-state index is 11.0. The molecule has 0 saturated heterocycles. The summed E-state index contributed by atoms with van der Waals surface area (Å²) in [5.74, 6) is -0.00652. The van der Waals surface area contributed by atoms with Gasteiger partial charge in [0.1, 0.15) is 6.04 Å². The predicted octanol–water partition coefficient (Wildman–Crippen LogP) is 2.07. The Labute approximate surface area is 87.1 Å². The predicted molar refractivity (Wildman–Crippen MR) is 58.3 cm³/mol. The largest absolute Gasteiger partial charge is 0.480 e. The summed E-state index contributed by atoms with van der Waals surface area (Å²) in [7, 11) is 1.89. The molecule has 0 fully saturated rings. The number of aliphatic carboxylic acids is 1. The van der Waals surface area contributed by atoms with Gasteiger partial charge in [0, 0.05) is 6.54 Å². The lowest BCUT2D eigenvalue weighted by atomic mass is 10.0. The van der Waals surface area contributed by atoms with Crippen LogP contribution in [0.2, 0.25) is 0 Å². The van der Waals surface area contributed by atoms with Crippen molar-refractivity contribution in [3.8, 4) is 0 Å². The summed E-state index contributed by atoms with van der Waals surface area (Å²) in [5, 5.41) is 9.06. The molecule has 2 unspecified atom stereocenters. The maximum Gasteiger partial charge on any atom is 0.321 e. The molecule has 0 aromatic rings. The van der Waals surface area contributed by atoms with E-state index < -0.39 is 5.97 Å². The Morgan fingerprint density at radius 2 is 1.86 bits per heavy atom. The Hall–Kier alpha value is -0.570. The van der Waals surface area contributed by atoms with Gasteiger partial charge in [-0.2, -0.15) is 0 Å². The van der Waals surface area contributed by atoms with Crippen molar-refractivity contribution in [2.75, 3.05) is 13.6 Å². The highest BCUT2D eigenvalue weighted by molar-refractivity contribution is 5.73. The molecular weight excluding hydrogens is 178 g/mol. The van der Waals surface area contributed by atoms with Gasteiger partial charge in [0.05, 0.1) is 0 Å². The normalized spacial score (nSPS) is 15.9. The highest BCUT2D eigenvalue weighted by atomic mass is 16.4. The molecule has 0 saturated carbocycles. The third-order valence-corrected chi connectivity index (χ3v) is 2.66. The van der Waals surface area contributed by atoms with Crippen LogP contribution in [0.3, 0.4) is 0 Å². The number of rotatable bonds is 6. The third kappa shape index (κ3) is 4.09. The number of nitrogens with zero attached hydrogens (tertiary/aromatic N) is 1. The first-order valence-corrected chi connectivity index (χ1v) is 5.33. The van der Waals surface area contributed by atoms with Crippen LogP contribution in [0, 0.1) is 11.8 Å². The molecule has 0 radical (unpaired) electrons. The van der Waals surface area contributed by atoms with Crippen molar-refractivity contribution >= 4 is 5.97 Å². The first kappa shape index (κ1) is 13.4. The molecule has 0 aromatic carbocycles. The van der Waals surface area contributed by atoms with Crippen molar-refractivity contribution in [3.05, 3.63) is 0 Å². The number of hydrogen-bond donors (Lipinski definition) is 1. The quantitative estimate of drug-likeness (QED) is 0.715. The SMILES string of the molecule is CCC(C)CN(C)C(C(=O)O)C(C)C. The molecule has 3 heteroatoms. The molecule has 3 nitrogen and oxygen atoms in total. The van der Waals surface area contributed by atoms with Gasteiger partial charge >= 0.3 is 5.97 Å². The molecule has 14 heavy (non-hydrogen) atoms. The van der Waals surface area contributed by atoms with Crippen LogP contribution in [0.15, 0.2) is 0 Å². The standard InChI is InChI=1S/C11H23NO2/c1-6-9(4)7-12(5)10(8(2)3)11(13)14/h8-10H,6-7H2,1-5H3,(H,13,14). The maximum absolute atomic E-state index is 11.0. The first-order valence-electron chi connectivity index (χ1n) is 5.33. The zero-order valence-electron chi connectivity index (χ0n) is 9.95. The highest BCUT2D eigenvalue weighted by Crippen LogP contribution is 2.12. The van der Waals surface area contributed by atoms with Crippen LogP contribution in [0.25, 0.3) is 0 Å². The zero-order chi connectivity index (χ0) is 11.3. The fourth-order valence-electron chi connectivity index (χ4n) is 1.72. The van der Waals surface area contributed by atoms with Crippen LogP contribution >= 0.6 is 0 Å². The van der Waals surface area contributed by atoms with Crippen molar-refractivity contribution in [1.29, 1.82) is 0 Å². The van der Waals surface area contributed by atoms with Crippen LogP contribution in [-0.2, 0) is 4.79 Å². The topological polar surface area (TPSA) is 40.5 Å². The van der Waals surface area contributed by atoms with Crippen molar-refractivity contribution in [3.63, 3.8) is 0 Å². The Morgan fingerprint density at radius 1 is 1.36 bits per heavy atom. The second-order valence-corrected chi connectivity index (χ2v) is 4.48. The van der Waals surface area contributed by atoms with E-state index in [0.717, 1.165) is 13.0 Å². The molecule has 0 rings (SSSR count). The second kappa shape index (κ2) is 6.02. The van der Waals surface area contributed by atoms with Gasteiger partial charge in [-0.25, -0.2) is 0 Å². The molecular formula is C11H23NO2. The second-order valence-electron chi connectivity index (χ2n) is 4.48. The van der Waals surface area contributed by atoms with Crippen molar-refractivity contribution in [1.82, 2.24) is 4.90 Å². The minimum Gasteiger partial charge on any atom is -0.480 e. The summed E-state index contributed by atoms with van der Waals surface area (Å²) < 4.78 is 0. The summed E-state index contributed by atoms with van der Waals surface area (Å²) in [4.78, 5) is 13.0. The van der Waals surface area contributed by atoms with Crippen molar-refractivity contribution < 1.29 is 9.90 Å². The molecule has 1 N–H and O–H groups in total. The monoisotopic (exact) mass is 201 g/mol. The number of hydrogen-bond acceptors (Lipinski definition) is 2. The van der Waals surface area contributed by atoms with E-state index in [1.54, 1.807) is 0 Å². The minimum absolute atomic E-state index is 0.154. The Morgan fingerprint density at radius 3 is 2.14 bits per heavy atom. The minimum atomic E-state index is -0.717. The van der Waals surface area contributed by atoms with Gasteiger partial charge in [-0.3, -0.25) is 9.69 Å². The number of likely N-dealkylation sites (N-methyl/N-ethyl adjacent to an activating group) is 1. The lowest BCUT2D eigenvalue weighted by Crippen LogP contribution is -2.44. The van der Waals surface area contributed by atoms with Gasteiger partial charge in [0.2, 0.25) is 0 Å². The smallest absolute Gasteiger partial charge is 0.321 e. The van der Waals surface area contributed by atoms with Crippen LogP contribution in [-0.4, -0.2) is 35.6 Å². The fourth-order valence-corrected chi connectivity index (χ4v) is 1.72. The Balaban J connectivity index is 4.29. The van der Waals surface area contributed by atoms with Crippen LogP contribution < -0.4 is 0 Å². The number of carbonyl (C=O) groups is 1. The molecule has 0 bridgehead atoms. The van der Waals surface area contributed by atoms with Gasteiger partial charge < -0.3 is 5.11 Å². The van der Waals surface area contributed by atoms with Gasteiger partial charge in [0.15, 0.2) is 0 Å². The lowest BCUT2D eigenvalue weighted by molar-refractivity contribution is -0.144.